The molecule has 0 saturated heterocycles. The third-order valence-corrected chi connectivity index (χ3v) is 4.04. The molecule has 4 N–H and O–H groups in total. The van der Waals surface area contributed by atoms with Crippen LogP contribution in [0.3, 0.4) is 0 Å². The van der Waals surface area contributed by atoms with Gasteiger partial charge in [0.1, 0.15) is 0 Å². The smallest absolute Gasteiger partial charge is 0.0997 e. The molecular weight excluding hydrogens is 294 g/mol. The van der Waals surface area contributed by atoms with Gasteiger partial charge in [-0.1, -0.05) is 42.5 Å². The molecular formula is C21H19N3. The van der Waals surface area contributed by atoms with Crippen molar-refractivity contribution in [2.24, 2.45) is 0 Å². The van der Waals surface area contributed by atoms with Crippen molar-refractivity contribution < 1.29 is 0 Å². The SMILES string of the molecule is N#Cc1c(Cc2cccc(N)c2)cccc1Cc1cccc(N)c1. The lowest BCUT2D eigenvalue weighted by Crippen LogP contribution is -2.00. The number of hydrogen-bond donors (Lipinski definition) is 2. The maximum absolute atomic E-state index is 9.67. The van der Waals surface area contributed by atoms with E-state index in [0.29, 0.717) is 12.8 Å². The molecule has 118 valence electrons. The molecule has 24 heavy (non-hydrogen) atoms. The second kappa shape index (κ2) is 6.89. The molecule has 3 nitrogen and oxygen atoms in total. The minimum atomic E-state index is 0.693. The van der Waals surface area contributed by atoms with Crippen LogP contribution in [0, 0.1) is 11.3 Å². The number of benzene rings is 3. The van der Waals surface area contributed by atoms with Gasteiger partial charge in [-0.25, -0.2) is 0 Å². The fourth-order valence-corrected chi connectivity index (χ4v) is 2.94. The Hall–Kier alpha value is -3.25. The van der Waals surface area contributed by atoms with Crippen LogP contribution in [0.25, 0.3) is 0 Å². The highest BCUT2D eigenvalue weighted by atomic mass is 14.5. The zero-order chi connectivity index (χ0) is 16.9. The Balaban J connectivity index is 1.93. The Morgan fingerprint density at radius 3 is 1.58 bits per heavy atom. The van der Waals surface area contributed by atoms with Gasteiger partial charge in [0.2, 0.25) is 0 Å². The van der Waals surface area contributed by atoms with Crippen molar-refractivity contribution in [1.29, 1.82) is 5.26 Å². The summed E-state index contributed by atoms with van der Waals surface area (Å²) in [4.78, 5) is 0. The van der Waals surface area contributed by atoms with E-state index in [1.54, 1.807) is 0 Å². The maximum atomic E-state index is 9.67. The van der Waals surface area contributed by atoms with Crippen molar-refractivity contribution in [1.82, 2.24) is 0 Å². The second-order valence-electron chi connectivity index (χ2n) is 5.91. The number of nitriles is 1. The molecule has 0 aromatic heterocycles. The summed E-state index contributed by atoms with van der Waals surface area (Å²) >= 11 is 0. The van der Waals surface area contributed by atoms with E-state index in [9.17, 15) is 5.26 Å². The summed E-state index contributed by atoms with van der Waals surface area (Å²) in [5.41, 5.74) is 18.2. The van der Waals surface area contributed by atoms with Crippen LogP contribution in [0.15, 0.2) is 66.7 Å². The molecule has 0 aliphatic rings. The van der Waals surface area contributed by atoms with Gasteiger partial charge in [0, 0.05) is 11.4 Å². The number of hydrogen-bond acceptors (Lipinski definition) is 3. The Kier molecular flexibility index (Phi) is 4.49. The zero-order valence-corrected chi connectivity index (χ0v) is 13.4. The average molecular weight is 313 g/mol. The topological polar surface area (TPSA) is 75.8 Å². The fourth-order valence-electron chi connectivity index (χ4n) is 2.94. The second-order valence-corrected chi connectivity index (χ2v) is 5.91. The van der Waals surface area contributed by atoms with Crippen molar-refractivity contribution in [3.05, 3.63) is 94.5 Å². The first kappa shape index (κ1) is 15.6. The molecule has 0 fully saturated rings. The number of nitrogens with zero attached hydrogens (tertiary/aromatic N) is 1. The van der Waals surface area contributed by atoms with Crippen LogP contribution < -0.4 is 11.5 Å². The molecule has 3 aromatic rings. The lowest BCUT2D eigenvalue weighted by Gasteiger charge is -2.11. The lowest BCUT2D eigenvalue weighted by atomic mass is 9.93. The fraction of sp³-hybridized carbons (Fsp3) is 0.0952. The normalized spacial score (nSPS) is 10.3. The summed E-state index contributed by atoms with van der Waals surface area (Å²) in [7, 11) is 0. The predicted molar refractivity (Wildman–Crippen MR) is 98.5 cm³/mol. The summed E-state index contributed by atoms with van der Waals surface area (Å²) in [6, 6.07) is 24.0. The summed E-state index contributed by atoms with van der Waals surface area (Å²) in [5.74, 6) is 0. The first-order valence-corrected chi connectivity index (χ1v) is 7.85. The first-order valence-electron chi connectivity index (χ1n) is 7.85. The van der Waals surface area contributed by atoms with Crippen LogP contribution >= 0.6 is 0 Å². The maximum Gasteiger partial charge on any atom is 0.0997 e. The third kappa shape index (κ3) is 3.56. The number of nitrogen functional groups attached to an aromatic ring is 2. The Bertz CT molecular complexity index is 841. The van der Waals surface area contributed by atoms with Gasteiger partial charge < -0.3 is 11.5 Å². The number of nitrogens with two attached hydrogens (primary N) is 2. The van der Waals surface area contributed by atoms with E-state index in [0.717, 1.165) is 39.2 Å². The molecule has 3 rings (SSSR count). The molecule has 3 aromatic carbocycles. The van der Waals surface area contributed by atoms with Crippen LogP contribution in [0.2, 0.25) is 0 Å². The van der Waals surface area contributed by atoms with E-state index in [1.165, 1.54) is 0 Å². The van der Waals surface area contributed by atoms with Crippen LogP contribution in [-0.4, -0.2) is 0 Å². The molecule has 0 heterocycles. The van der Waals surface area contributed by atoms with Crippen LogP contribution in [-0.2, 0) is 12.8 Å². The number of anilines is 2. The first-order chi connectivity index (χ1) is 11.7. The van der Waals surface area contributed by atoms with E-state index in [-0.39, 0.29) is 0 Å². The van der Waals surface area contributed by atoms with Crippen molar-refractivity contribution >= 4 is 11.4 Å². The summed E-state index contributed by atoms with van der Waals surface area (Å²) in [6.07, 6.45) is 1.39. The Labute approximate surface area is 142 Å². The van der Waals surface area contributed by atoms with Crippen molar-refractivity contribution in [2.75, 3.05) is 11.5 Å². The molecule has 0 bridgehead atoms. The minimum absolute atomic E-state index is 0.693. The minimum Gasteiger partial charge on any atom is -0.399 e. The highest BCUT2D eigenvalue weighted by Crippen LogP contribution is 2.22. The highest BCUT2D eigenvalue weighted by Gasteiger charge is 2.10. The van der Waals surface area contributed by atoms with Gasteiger partial charge >= 0.3 is 0 Å². The zero-order valence-electron chi connectivity index (χ0n) is 13.4. The quantitative estimate of drug-likeness (QED) is 0.717. The third-order valence-electron chi connectivity index (χ3n) is 4.04. The van der Waals surface area contributed by atoms with Crippen molar-refractivity contribution in [3.63, 3.8) is 0 Å². The van der Waals surface area contributed by atoms with Gasteiger partial charge in [0.15, 0.2) is 0 Å². The van der Waals surface area contributed by atoms with Gasteiger partial charge in [0.05, 0.1) is 11.6 Å². The molecule has 0 aliphatic heterocycles. The van der Waals surface area contributed by atoms with Crippen LogP contribution in [0.5, 0.6) is 0 Å². The van der Waals surface area contributed by atoms with Crippen LogP contribution in [0.4, 0.5) is 11.4 Å². The Morgan fingerprint density at radius 1 is 0.708 bits per heavy atom. The summed E-state index contributed by atoms with van der Waals surface area (Å²) in [6.45, 7) is 0. The van der Waals surface area contributed by atoms with Crippen LogP contribution in [0.1, 0.15) is 27.8 Å². The van der Waals surface area contributed by atoms with E-state index in [1.807, 2.05) is 66.7 Å². The monoisotopic (exact) mass is 313 g/mol. The molecule has 0 unspecified atom stereocenters. The molecule has 0 spiro atoms. The van der Waals surface area contributed by atoms with Crippen molar-refractivity contribution in [3.8, 4) is 6.07 Å². The Morgan fingerprint density at radius 2 is 1.17 bits per heavy atom. The lowest BCUT2D eigenvalue weighted by molar-refractivity contribution is 1.12. The highest BCUT2D eigenvalue weighted by molar-refractivity contribution is 5.50. The van der Waals surface area contributed by atoms with Gasteiger partial charge in [0.25, 0.3) is 0 Å². The van der Waals surface area contributed by atoms with E-state index in [2.05, 4.69) is 6.07 Å². The molecule has 0 aliphatic carbocycles. The standard InChI is InChI=1S/C21H19N3/c22-14-21-17(10-15-4-1-8-19(23)12-15)6-3-7-18(21)11-16-5-2-9-20(24)13-16/h1-9,12-13H,10-11,23-24H2. The molecule has 3 heteroatoms. The van der Waals surface area contributed by atoms with Gasteiger partial charge in [-0.15, -0.1) is 0 Å². The van der Waals surface area contributed by atoms with E-state index >= 15 is 0 Å². The van der Waals surface area contributed by atoms with Gasteiger partial charge in [-0.2, -0.15) is 5.26 Å². The van der Waals surface area contributed by atoms with E-state index in [4.69, 9.17) is 11.5 Å². The van der Waals surface area contributed by atoms with Gasteiger partial charge in [-0.3, -0.25) is 0 Å². The van der Waals surface area contributed by atoms with E-state index < -0.39 is 0 Å². The molecule has 0 atom stereocenters. The molecule has 0 radical (unpaired) electrons. The summed E-state index contributed by atoms with van der Waals surface area (Å²) < 4.78 is 0. The number of rotatable bonds is 4. The molecule has 0 saturated carbocycles. The average Bonchev–Trinajstić information content (AvgIpc) is 2.55. The van der Waals surface area contributed by atoms with Crippen molar-refractivity contribution in [2.45, 2.75) is 12.8 Å². The van der Waals surface area contributed by atoms with Gasteiger partial charge in [-0.05, 0) is 59.4 Å². The molecule has 0 amide bonds. The predicted octanol–water partition coefficient (Wildman–Crippen LogP) is 3.90. The largest absolute Gasteiger partial charge is 0.399 e. The summed E-state index contributed by atoms with van der Waals surface area (Å²) in [5, 5.41) is 9.67.